The van der Waals surface area contributed by atoms with E-state index in [1.54, 1.807) is 0 Å². The molecule has 4 fully saturated rings. The lowest BCUT2D eigenvalue weighted by molar-refractivity contribution is -0.202. The highest BCUT2D eigenvalue weighted by molar-refractivity contribution is 7.85. The van der Waals surface area contributed by atoms with Crippen LogP contribution in [0.15, 0.2) is 0 Å². The third kappa shape index (κ3) is 6.34. The Kier molecular flexibility index (Phi) is 8.86. The molecule has 0 heterocycles. The van der Waals surface area contributed by atoms with Crippen molar-refractivity contribution in [2.75, 3.05) is 12.3 Å². The standard InChI is InChI=1S/C26H45NO10S2/c1-15(4-7-23(30)27-10-11-38(31,32)33)18-5-6-19-24-20(14-22(29)26(18,19)3)25(2)9-8-17(28)12-16(25)13-21(24)37-39(34,35)36/h15-22,24,28-29H,4-14H2,1-3H3,(H,27,30)(H,31,32,33)(H,34,35,36)/p-2/t15-,16+,17-,18-,19+,20+,21-,22+,24+,25+,26-/m1/s1. The number of hydrogen-bond donors (Lipinski definition) is 3. The molecule has 0 aromatic rings. The van der Waals surface area contributed by atoms with Crippen LogP contribution < -0.4 is 5.32 Å². The molecule has 226 valence electrons. The molecule has 13 heteroatoms. The number of rotatable bonds is 9. The molecule has 0 aromatic heterocycles. The summed E-state index contributed by atoms with van der Waals surface area (Å²) in [6, 6.07) is 0. The molecule has 0 bridgehead atoms. The van der Waals surface area contributed by atoms with Crippen LogP contribution in [0.3, 0.4) is 0 Å². The highest BCUT2D eigenvalue weighted by Crippen LogP contribution is 2.68. The van der Waals surface area contributed by atoms with Gasteiger partial charge in [0.15, 0.2) is 0 Å². The van der Waals surface area contributed by atoms with Crippen molar-refractivity contribution in [1.29, 1.82) is 0 Å². The zero-order valence-electron chi connectivity index (χ0n) is 23.0. The first kappa shape index (κ1) is 31.1. The highest BCUT2D eigenvalue weighted by Gasteiger charge is 2.66. The second-order valence-corrected chi connectivity index (χ2v) is 15.7. The van der Waals surface area contributed by atoms with Crippen LogP contribution in [0.25, 0.3) is 0 Å². The molecule has 1 amide bonds. The van der Waals surface area contributed by atoms with Gasteiger partial charge in [0.25, 0.3) is 0 Å². The van der Waals surface area contributed by atoms with Gasteiger partial charge in [-0.2, -0.15) is 0 Å². The van der Waals surface area contributed by atoms with Gasteiger partial charge >= 0.3 is 0 Å². The summed E-state index contributed by atoms with van der Waals surface area (Å²) < 4.78 is 72.9. The van der Waals surface area contributed by atoms with Gasteiger partial charge in [0.05, 0.1) is 34.2 Å². The second kappa shape index (κ2) is 11.1. The summed E-state index contributed by atoms with van der Waals surface area (Å²) in [4.78, 5) is 12.3. The summed E-state index contributed by atoms with van der Waals surface area (Å²) in [5.41, 5.74) is -0.753. The maximum Gasteiger partial charge on any atom is 0.220 e. The van der Waals surface area contributed by atoms with Crippen LogP contribution in [-0.4, -0.2) is 72.7 Å². The number of fused-ring (bicyclic) bond motifs is 5. The molecular formula is C26H43NO10S2-2. The van der Waals surface area contributed by atoms with Crippen molar-refractivity contribution in [3.8, 4) is 0 Å². The Morgan fingerprint density at radius 2 is 1.74 bits per heavy atom. The van der Waals surface area contributed by atoms with E-state index in [9.17, 15) is 40.9 Å². The van der Waals surface area contributed by atoms with Crippen molar-refractivity contribution < 1.29 is 45.1 Å². The Morgan fingerprint density at radius 1 is 1.05 bits per heavy atom. The Hall–Kier alpha value is -0.830. The number of hydrogen-bond acceptors (Lipinski definition) is 10. The van der Waals surface area contributed by atoms with Crippen molar-refractivity contribution in [1.82, 2.24) is 5.32 Å². The monoisotopic (exact) mass is 593 g/mol. The van der Waals surface area contributed by atoms with E-state index in [0.29, 0.717) is 32.1 Å². The molecule has 4 aliphatic carbocycles. The van der Waals surface area contributed by atoms with E-state index >= 15 is 0 Å². The molecule has 3 N–H and O–H groups in total. The molecule has 0 aromatic carbocycles. The molecule has 0 saturated heterocycles. The normalized spacial score (nSPS) is 43.2. The van der Waals surface area contributed by atoms with E-state index in [1.807, 2.05) is 13.8 Å². The fourth-order valence-corrected chi connectivity index (χ4v) is 10.2. The summed E-state index contributed by atoms with van der Waals surface area (Å²) in [6.07, 6.45) is 3.09. The lowest BCUT2D eigenvalue weighted by atomic mass is 9.43. The van der Waals surface area contributed by atoms with Crippen molar-refractivity contribution in [3.63, 3.8) is 0 Å². The van der Waals surface area contributed by atoms with Crippen LogP contribution in [0, 0.1) is 46.3 Å². The molecule has 4 rings (SSSR count). The molecule has 0 radical (unpaired) electrons. The van der Waals surface area contributed by atoms with Gasteiger partial charge in [0.1, 0.15) is 0 Å². The summed E-state index contributed by atoms with van der Waals surface area (Å²) in [5, 5.41) is 24.5. The highest BCUT2D eigenvalue weighted by atomic mass is 32.3. The number of carbonyl (C=O) groups excluding carboxylic acids is 1. The minimum absolute atomic E-state index is 0.00274. The topological polar surface area (TPSA) is 193 Å². The molecule has 4 aliphatic rings. The van der Waals surface area contributed by atoms with Crippen molar-refractivity contribution in [3.05, 3.63) is 0 Å². The van der Waals surface area contributed by atoms with Crippen LogP contribution in [0.1, 0.15) is 78.6 Å². The lowest BCUT2D eigenvalue weighted by Crippen LogP contribution is -2.63. The third-order valence-electron chi connectivity index (χ3n) is 11.2. The van der Waals surface area contributed by atoms with E-state index in [1.165, 1.54) is 0 Å². The van der Waals surface area contributed by atoms with E-state index in [-0.39, 0.29) is 59.8 Å². The molecule has 11 nitrogen and oxygen atoms in total. The average molecular weight is 594 g/mol. The fraction of sp³-hybridized carbons (Fsp3) is 0.962. The number of carbonyl (C=O) groups is 1. The lowest BCUT2D eigenvalue weighted by Gasteiger charge is -2.64. The summed E-state index contributed by atoms with van der Waals surface area (Å²) in [6.45, 7) is 6.03. The van der Waals surface area contributed by atoms with Gasteiger partial charge in [-0.25, -0.2) is 16.8 Å². The predicted molar refractivity (Wildman–Crippen MR) is 139 cm³/mol. The molecular weight excluding hydrogens is 550 g/mol. The Labute approximate surface area is 232 Å². The van der Waals surface area contributed by atoms with Gasteiger partial charge in [-0.3, -0.25) is 8.98 Å². The van der Waals surface area contributed by atoms with Gasteiger partial charge < -0.3 is 24.6 Å². The largest absolute Gasteiger partial charge is 0.748 e. The number of aliphatic hydroxyl groups is 2. The summed E-state index contributed by atoms with van der Waals surface area (Å²) >= 11 is 0. The van der Waals surface area contributed by atoms with Crippen LogP contribution in [0.2, 0.25) is 0 Å². The Balaban J connectivity index is 1.53. The number of aliphatic hydroxyl groups excluding tert-OH is 2. The minimum atomic E-state index is -4.95. The fourth-order valence-electron chi connectivity index (χ4n) is 9.32. The Morgan fingerprint density at radius 3 is 2.38 bits per heavy atom. The third-order valence-corrected chi connectivity index (χ3v) is 12.4. The molecule has 0 aliphatic heterocycles. The molecule has 11 atom stereocenters. The van der Waals surface area contributed by atoms with E-state index in [0.717, 1.165) is 19.3 Å². The molecule has 4 saturated carbocycles. The zero-order valence-corrected chi connectivity index (χ0v) is 24.6. The van der Waals surface area contributed by atoms with E-state index in [4.69, 9.17) is 4.18 Å². The second-order valence-electron chi connectivity index (χ2n) is 13.1. The van der Waals surface area contributed by atoms with Crippen LogP contribution in [-0.2, 0) is 29.5 Å². The van der Waals surface area contributed by atoms with Gasteiger partial charge in [-0.15, -0.1) is 0 Å². The van der Waals surface area contributed by atoms with E-state index in [2.05, 4.69) is 12.2 Å². The summed E-state index contributed by atoms with van der Waals surface area (Å²) in [7, 11) is -9.35. The Bertz CT molecular complexity index is 1130. The molecule has 0 unspecified atom stereocenters. The molecule has 0 spiro atoms. The minimum Gasteiger partial charge on any atom is -0.748 e. The first-order valence-corrected chi connectivity index (χ1v) is 17.1. The summed E-state index contributed by atoms with van der Waals surface area (Å²) in [5.74, 6) is -1.23. The van der Waals surface area contributed by atoms with Crippen LogP contribution in [0.5, 0.6) is 0 Å². The van der Waals surface area contributed by atoms with Crippen molar-refractivity contribution >= 4 is 26.4 Å². The quantitative estimate of drug-likeness (QED) is 0.261. The first-order valence-electron chi connectivity index (χ1n) is 14.2. The van der Waals surface area contributed by atoms with Gasteiger partial charge in [-0.1, -0.05) is 20.8 Å². The molecule has 39 heavy (non-hydrogen) atoms. The van der Waals surface area contributed by atoms with E-state index < -0.39 is 50.0 Å². The maximum absolute atomic E-state index is 12.3. The zero-order chi connectivity index (χ0) is 29.0. The average Bonchev–Trinajstić information content (AvgIpc) is 3.16. The van der Waals surface area contributed by atoms with Crippen molar-refractivity contribution in [2.24, 2.45) is 46.3 Å². The number of amides is 1. The van der Waals surface area contributed by atoms with Crippen LogP contribution >= 0.6 is 0 Å². The SMILES string of the molecule is C[C@H](CCC(=O)NCCS(=O)(=O)[O-])[C@H]1CC[C@H]2[C@@H]3[C@H](OS(=O)(=O)[O-])C[C@@H]4C[C@H](O)CC[C@]4(C)[C@H]3C[C@H](O)[C@]12C. The van der Waals surface area contributed by atoms with Crippen molar-refractivity contribution in [2.45, 2.75) is 96.9 Å². The van der Waals surface area contributed by atoms with Gasteiger partial charge in [-0.05, 0) is 97.7 Å². The number of nitrogens with one attached hydrogen (secondary N) is 1. The van der Waals surface area contributed by atoms with Crippen LogP contribution in [0.4, 0.5) is 0 Å². The first-order chi connectivity index (χ1) is 18.0. The smallest absolute Gasteiger partial charge is 0.220 e. The maximum atomic E-state index is 12.3. The van der Waals surface area contributed by atoms with Gasteiger partial charge in [0.2, 0.25) is 16.3 Å². The van der Waals surface area contributed by atoms with Gasteiger partial charge in [0, 0.05) is 13.0 Å². The predicted octanol–water partition coefficient (Wildman–Crippen LogP) is 1.51.